The van der Waals surface area contributed by atoms with Crippen LogP contribution in [0.5, 0.6) is 11.5 Å². The second-order valence-corrected chi connectivity index (χ2v) is 3.28. The highest BCUT2D eigenvalue weighted by Crippen LogP contribution is 2.32. The number of nitrogens with one attached hydrogen (secondary N) is 1. The zero-order valence-corrected chi connectivity index (χ0v) is 8.92. The van der Waals surface area contributed by atoms with E-state index >= 15 is 0 Å². The molecule has 7 nitrogen and oxygen atoms in total. The molecule has 0 unspecified atom stereocenters. The second kappa shape index (κ2) is 5.09. The molecule has 2 rings (SSSR count). The summed E-state index contributed by atoms with van der Waals surface area (Å²) in [7, 11) is 0. The molecule has 1 amide bonds. The number of hydrogen-bond donors (Lipinski definition) is 1. The Morgan fingerprint density at radius 2 is 2.29 bits per heavy atom. The van der Waals surface area contributed by atoms with Crippen molar-refractivity contribution in [3.63, 3.8) is 0 Å². The Morgan fingerprint density at radius 1 is 1.47 bits per heavy atom. The summed E-state index contributed by atoms with van der Waals surface area (Å²) < 4.78 is 10.3. The minimum absolute atomic E-state index is 0.178. The fourth-order valence-corrected chi connectivity index (χ4v) is 1.40. The van der Waals surface area contributed by atoms with Crippen LogP contribution in [0.25, 0.3) is 10.4 Å². The molecule has 7 heteroatoms. The Kier molecular flexibility index (Phi) is 3.32. The number of hydrogen-bond acceptors (Lipinski definition) is 4. The molecule has 88 valence electrons. The Balaban J connectivity index is 1.97. The van der Waals surface area contributed by atoms with Gasteiger partial charge in [0.25, 0.3) is 5.91 Å². The van der Waals surface area contributed by atoms with Gasteiger partial charge in [-0.25, -0.2) is 0 Å². The summed E-state index contributed by atoms with van der Waals surface area (Å²) >= 11 is 0. The van der Waals surface area contributed by atoms with Gasteiger partial charge in [-0.15, -0.1) is 0 Å². The van der Waals surface area contributed by atoms with Crippen LogP contribution >= 0.6 is 0 Å². The van der Waals surface area contributed by atoms with Crippen LogP contribution in [0.3, 0.4) is 0 Å². The molecule has 1 aliphatic rings. The maximum atomic E-state index is 11.7. The summed E-state index contributed by atoms with van der Waals surface area (Å²) in [5.74, 6) is 0.958. The summed E-state index contributed by atoms with van der Waals surface area (Å²) in [6.45, 7) is 0.710. The van der Waals surface area contributed by atoms with E-state index in [2.05, 4.69) is 15.3 Å². The summed E-state index contributed by atoms with van der Waals surface area (Å²) in [5.41, 5.74) is 8.55. The molecule has 1 aromatic carbocycles. The molecule has 1 heterocycles. The lowest BCUT2D eigenvalue weighted by molar-refractivity contribution is 0.0954. The van der Waals surface area contributed by atoms with Crippen molar-refractivity contribution in [3.8, 4) is 11.5 Å². The molecule has 0 fully saturated rings. The van der Waals surface area contributed by atoms with E-state index in [0.29, 0.717) is 23.6 Å². The van der Waals surface area contributed by atoms with Crippen molar-refractivity contribution in [2.45, 2.75) is 0 Å². The van der Waals surface area contributed by atoms with Gasteiger partial charge in [-0.05, 0) is 23.7 Å². The molecule has 17 heavy (non-hydrogen) atoms. The van der Waals surface area contributed by atoms with Gasteiger partial charge in [0.1, 0.15) is 0 Å². The highest BCUT2D eigenvalue weighted by Gasteiger charge is 2.15. The first-order chi connectivity index (χ1) is 8.31. The molecule has 0 aromatic heterocycles. The lowest BCUT2D eigenvalue weighted by atomic mass is 10.2. The van der Waals surface area contributed by atoms with Gasteiger partial charge in [-0.2, -0.15) is 0 Å². The number of carbonyl (C=O) groups is 1. The van der Waals surface area contributed by atoms with E-state index in [1.807, 2.05) is 0 Å². The molecule has 1 aliphatic heterocycles. The summed E-state index contributed by atoms with van der Waals surface area (Å²) in [4.78, 5) is 14.3. The van der Waals surface area contributed by atoms with Crippen LogP contribution in [0.15, 0.2) is 23.3 Å². The second-order valence-electron chi connectivity index (χ2n) is 3.28. The van der Waals surface area contributed by atoms with E-state index in [4.69, 9.17) is 15.0 Å². The van der Waals surface area contributed by atoms with Gasteiger partial charge in [0.05, 0.1) is 0 Å². The molecule has 0 saturated heterocycles. The Morgan fingerprint density at radius 3 is 3.12 bits per heavy atom. The number of ether oxygens (including phenoxy) is 2. The molecule has 0 saturated carbocycles. The Hall–Kier alpha value is -2.40. The minimum atomic E-state index is -0.239. The lowest BCUT2D eigenvalue weighted by Crippen LogP contribution is -2.25. The van der Waals surface area contributed by atoms with E-state index in [9.17, 15) is 4.79 Å². The molecule has 0 bridgehead atoms. The normalized spacial score (nSPS) is 11.8. The predicted octanol–water partition coefficient (Wildman–Crippen LogP) is 1.46. The van der Waals surface area contributed by atoms with Crippen molar-refractivity contribution in [3.05, 3.63) is 34.2 Å². The van der Waals surface area contributed by atoms with Gasteiger partial charge < -0.3 is 14.8 Å². The molecular weight excluding hydrogens is 224 g/mol. The van der Waals surface area contributed by atoms with Gasteiger partial charge in [0.2, 0.25) is 6.79 Å². The summed E-state index contributed by atoms with van der Waals surface area (Å²) in [5, 5.41) is 5.94. The van der Waals surface area contributed by atoms with Crippen molar-refractivity contribution in [1.82, 2.24) is 5.32 Å². The number of carbonyl (C=O) groups excluding carboxylic acids is 1. The molecular formula is C10H10N4O3. The SMILES string of the molecule is [N-]=[N+]=NCCNC(=O)c1ccc2c(c1)OCO2. The van der Waals surface area contributed by atoms with Gasteiger partial charge >= 0.3 is 0 Å². The minimum Gasteiger partial charge on any atom is -0.454 e. The molecule has 0 radical (unpaired) electrons. The van der Waals surface area contributed by atoms with E-state index in [1.165, 1.54) is 0 Å². The van der Waals surface area contributed by atoms with Crippen molar-refractivity contribution in [2.24, 2.45) is 5.11 Å². The third-order valence-corrected chi connectivity index (χ3v) is 2.20. The number of rotatable bonds is 4. The van der Waals surface area contributed by atoms with E-state index in [0.717, 1.165) is 0 Å². The number of amides is 1. The quantitative estimate of drug-likeness (QED) is 0.369. The largest absolute Gasteiger partial charge is 0.454 e. The lowest BCUT2D eigenvalue weighted by Gasteiger charge is -2.03. The first kappa shape index (κ1) is 11.1. The fraction of sp³-hybridized carbons (Fsp3) is 0.300. The molecule has 1 aromatic rings. The van der Waals surface area contributed by atoms with Crippen LogP contribution < -0.4 is 14.8 Å². The first-order valence-electron chi connectivity index (χ1n) is 5.00. The van der Waals surface area contributed by atoms with Gasteiger partial charge in [-0.3, -0.25) is 4.79 Å². The Bertz CT molecular complexity index is 482. The molecule has 0 spiro atoms. The average molecular weight is 234 g/mol. The standard InChI is InChI=1S/C10H10N4O3/c11-14-13-4-3-12-10(15)7-1-2-8-9(5-7)17-6-16-8/h1-2,5H,3-4,6H2,(H,12,15). The van der Waals surface area contributed by atoms with Crippen LogP contribution in [0, 0.1) is 0 Å². The smallest absolute Gasteiger partial charge is 0.251 e. The molecule has 0 atom stereocenters. The van der Waals surface area contributed by atoms with Crippen LogP contribution in [-0.4, -0.2) is 25.8 Å². The summed E-state index contributed by atoms with van der Waals surface area (Å²) in [6.07, 6.45) is 0. The van der Waals surface area contributed by atoms with Crippen molar-refractivity contribution >= 4 is 5.91 Å². The number of benzene rings is 1. The number of azide groups is 1. The van der Waals surface area contributed by atoms with E-state index in [-0.39, 0.29) is 19.2 Å². The predicted molar refractivity (Wildman–Crippen MR) is 58.9 cm³/mol. The van der Waals surface area contributed by atoms with E-state index < -0.39 is 0 Å². The maximum Gasteiger partial charge on any atom is 0.251 e. The summed E-state index contributed by atoms with van der Waals surface area (Å²) in [6, 6.07) is 4.95. The van der Waals surface area contributed by atoms with Gasteiger partial charge in [0.15, 0.2) is 11.5 Å². The zero-order chi connectivity index (χ0) is 12.1. The molecule has 0 aliphatic carbocycles. The van der Waals surface area contributed by atoms with E-state index in [1.54, 1.807) is 18.2 Å². The van der Waals surface area contributed by atoms with Crippen molar-refractivity contribution in [2.75, 3.05) is 19.9 Å². The van der Waals surface area contributed by atoms with Crippen molar-refractivity contribution in [1.29, 1.82) is 0 Å². The zero-order valence-electron chi connectivity index (χ0n) is 8.92. The third-order valence-electron chi connectivity index (χ3n) is 2.20. The topological polar surface area (TPSA) is 96.3 Å². The first-order valence-corrected chi connectivity index (χ1v) is 5.00. The average Bonchev–Trinajstić information content (AvgIpc) is 2.81. The maximum absolute atomic E-state index is 11.7. The fourth-order valence-electron chi connectivity index (χ4n) is 1.40. The number of nitrogens with zero attached hydrogens (tertiary/aromatic N) is 3. The van der Waals surface area contributed by atoms with Crippen LogP contribution in [-0.2, 0) is 0 Å². The van der Waals surface area contributed by atoms with Crippen LogP contribution in [0.1, 0.15) is 10.4 Å². The highest BCUT2D eigenvalue weighted by molar-refractivity contribution is 5.94. The van der Waals surface area contributed by atoms with Crippen molar-refractivity contribution < 1.29 is 14.3 Å². The highest BCUT2D eigenvalue weighted by atomic mass is 16.7. The Labute approximate surface area is 97.0 Å². The number of fused-ring (bicyclic) bond motifs is 1. The monoisotopic (exact) mass is 234 g/mol. The van der Waals surface area contributed by atoms with Crippen LogP contribution in [0.2, 0.25) is 0 Å². The molecule has 1 N–H and O–H groups in total. The van der Waals surface area contributed by atoms with Gasteiger partial charge in [-0.1, -0.05) is 5.11 Å². The third kappa shape index (κ3) is 2.59. The van der Waals surface area contributed by atoms with Gasteiger partial charge in [0, 0.05) is 23.6 Å². The van der Waals surface area contributed by atoms with Crippen LogP contribution in [0.4, 0.5) is 0 Å².